The fraction of sp³-hybridized carbons (Fsp3) is 0.538. The summed E-state index contributed by atoms with van der Waals surface area (Å²) >= 11 is 3.48. The van der Waals surface area contributed by atoms with Crippen molar-refractivity contribution >= 4 is 31.5 Å². The molecular weight excluding hydrogens is 352 g/mol. The lowest BCUT2D eigenvalue weighted by atomic mass is 10.1. The number of alkyl halides is 3. The van der Waals surface area contributed by atoms with E-state index in [1.54, 1.807) is 12.1 Å². The molecule has 0 saturated carbocycles. The van der Waals surface area contributed by atoms with Crippen LogP contribution in [-0.2, 0) is 9.84 Å². The monoisotopic (exact) mass is 367 g/mol. The number of nitrogens with zero attached hydrogens (tertiary/aromatic N) is 1. The Morgan fingerprint density at radius 3 is 2.45 bits per heavy atom. The Morgan fingerprint density at radius 1 is 1.35 bits per heavy atom. The maximum atomic E-state index is 12.5. The summed E-state index contributed by atoms with van der Waals surface area (Å²) in [6.45, 7) is 3.06. The molecule has 2 rings (SSSR count). The minimum Gasteiger partial charge on any atom is -0.367 e. The molecule has 0 radical (unpaired) electrons. The first-order valence-corrected chi connectivity index (χ1v) is 8.99. The summed E-state index contributed by atoms with van der Waals surface area (Å²) in [6, 6.07) is 6.05. The summed E-state index contributed by atoms with van der Waals surface area (Å²) in [5.74, 6) is -2.84. The summed E-state index contributed by atoms with van der Waals surface area (Å²) in [7, 11) is -4.51. The van der Waals surface area contributed by atoms with E-state index in [1.165, 1.54) is 12.1 Å². The Balaban J connectivity index is 2.25. The number of halogens is 3. The van der Waals surface area contributed by atoms with Gasteiger partial charge >= 0.3 is 5.76 Å². The van der Waals surface area contributed by atoms with Crippen molar-refractivity contribution in [2.75, 3.05) is 16.8 Å². The number of sulfone groups is 1. The first-order chi connectivity index (χ1) is 9.37. The lowest BCUT2D eigenvalue weighted by molar-refractivity contribution is 0.234. The van der Waals surface area contributed by atoms with Crippen LogP contribution in [0.5, 0.6) is 0 Å². The van der Waals surface area contributed by atoms with Crippen molar-refractivity contribution in [2.24, 2.45) is 5.92 Å². The van der Waals surface area contributed by atoms with Crippen molar-refractivity contribution in [2.45, 2.75) is 30.0 Å². The fourth-order valence-corrected chi connectivity index (χ4v) is 4.20. The van der Waals surface area contributed by atoms with Gasteiger partial charge in [0.05, 0.1) is 4.90 Å². The van der Waals surface area contributed by atoms with Crippen LogP contribution in [0.3, 0.4) is 0 Å². The molecule has 1 saturated heterocycles. The molecule has 20 heavy (non-hydrogen) atoms. The molecule has 1 aromatic carbocycles. The topological polar surface area (TPSA) is 37.4 Å². The van der Waals surface area contributed by atoms with Gasteiger partial charge in [0.1, 0.15) is 0 Å². The summed E-state index contributed by atoms with van der Waals surface area (Å²) in [6.07, 6.45) is 1.06. The Morgan fingerprint density at radius 2 is 1.95 bits per heavy atom. The van der Waals surface area contributed by atoms with E-state index in [-0.39, 0.29) is 4.90 Å². The number of hydrogen-bond acceptors (Lipinski definition) is 3. The number of anilines is 1. The van der Waals surface area contributed by atoms with Gasteiger partial charge in [-0.05, 0) is 36.6 Å². The van der Waals surface area contributed by atoms with E-state index in [9.17, 15) is 17.2 Å². The van der Waals surface area contributed by atoms with E-state index < -0.39 is 15.6 Å². The third-order valence-electron chi connectivity index (χ3n) is 3.77. The van der Waals surface area contributed by atoms with Gasteiger partial charge in [0.2, 0.25) is 9.84 Å². The second-order valence-corrected chi connectivity index (χ2v) is 7.55. The summed E-state index contributed by atoms with van der Waals surface area (Å²) in [5.41, 5.74) is 0.868. The first kappa shape index (κ1) is 15.7. The second-order valence-electron chi connectivity index (χ2n) is 4.98. The SMILES string of the molecule is CC1CCN(c2ccc(S(=O)(=O)C(F)F)cc2)C1CBr. The molecular formula is C13H16BrF2NO2S. The van der Waals surface area contributed by atoms with Crippen LogP contribution in [0.1, 0.15) is 13.3 Å². The van der Waals surface area contributed by atoms with Crippen molar-refractivity contribution in [3.05, 3.63) is 24.3 Å². The van der Waals surface area contributed by atoms with Gasteiger partial charge < -0.3 is 4.90 Å². The zero-order valence-corrected chi connectivity index (χ0v) is 13.4. The van der Waals surface area contributed by atoms with Gasteiger partial charge in [0, 0.05) is 23.6 Å². The van der Waals surface area contributed by atoms with Crippen LogP contribution in [0.2, 0.25) is 0 Å². The third kappa shape index (κ3) is 2.83. The minimum atomic E-state index is -4.51. The van der Waals surface area contributed by atoms with Gasteiger partial charge in [0.15, 0.2) is 0 Å². The molecule has 1 aliphatic rings. The number of benzene rings is 1. The summed E-state index contributed by atoms with van der Waals surface area (Å²) in [5, 5.41) is 0.825. The first-order valence-electron chi connectivity index (χ1n) is 6.32. The standard InChI is InChI=1S/C13H16BrF2NO2S/c1-9-6-7-17(12(9)8-14)10-2-4-11(5-3-10)20(18,19)13(15)16/h2-5,9,12-13H,6-8H2,1H3. The Hall–Kier alpha value is -0.690. The lowest BCUT2D eigenvalue weighted by Gasteiger charge is -2.27. The number of hydrogen-bond donors (Lipinski definition) is 0. The predicted octanol–water partition coefficient (Wildman–Crippen LogP) is 3.29. The highest BCUT2D eigenvalue weighted by Gasteiger charge is 2.31. The zero-order chi connectivity index (χ0) is 14.9. The highest BCUT2D eigenvalue weighted by Crippen LogP contribution is 2.31. The van der Waals surface area contributed by atoms with Gasteiger partial charge in [-0.1, -0.05) is 22.9 Å². The highest BCUT2D eigenvalue weighted by atomic mass is 79.9. The molecule has 3 nitrogen and oxygen atoms in total. The zero-order valence-electron chi connectivity index (χ0n) is 11.0. The van der Waals surface area contributed by atoms with Gasteiger partial charge in [-0.25, -0.2) is 8.42 Å². The van der Waals surface area contributed by atoms with Crippen molar-refractivity contribution < 1.29 is 17.2 Å². The van der Waals surface area contributed by atoms with Crippen LogP contribution in [0.15, 0.2) is 29.2 Å². The second kappa shape index (κ2) is 5.97. The fourth-order valence-electron chi connectivity index (χ4n) is 2.49. The van der Waals surface area contributed by atoms with E-state index in [4.69, 9.17) is 0 Å². The molecule has 1 fully saturated rings. The number of rotatable bonds is 4. The van der Waals surface area contributed by atoms with E-state index >= 15 is 0 Å². The average Bonchev–Trinajstić information content (AvgIpc) is 2.79. The van der Waals surface area contributed by atoms with Crippen LogP contribution >= 0.6 is 15.9 Å². The van der Waals surface area contributed by atoms with Gasteiger partial charge in [-0.15, -0.1) is 0 Å². The molecule has 112 valence electrons. The Kier molecular flexibility index (Phi) is 4.69. The molecule has 0 spiro atoms. The van der Waals surface area contributed by atoms with Crippen LogP contribution in [-0.4, -0.2) is 32.1 Å². The van der Waals surface area contributed by atoms with Crippen molar-refractivity contribution in [3.8, 4) is 0 Å². The molecule has 0 aliphatic carbocycles. The molecule has 1 aromatic rings. The van der Waals surface area contributed by atoms with Crippen LogP contribution < -0.4 is 4.90 Å². The van der Waals surface area contributed by atoms with E-state index in [0.29, 0.717) is 12.0 Å². The summed E-state index contributed by atoms with van der Waals surface area (Å²) in [4.78, 5) is 1.84. The molecule has 0 aromatic heterocycles. The molecule has 1 heterocycles. The predicted molar refractivity (Wildman–Crippen MR) is 78.3 cm³/mol. The molecule has 0 amide bonds. The quantitative estimate of drug-likeness (QED) is 0.766. The maximum Gasteiger partial charge on any atom is 0.341 e. The molecule has 1 aliphatic heterocycles. The van der Waals surface area contributed by atoms with E-state index in [1.807, 2.05) is 0 Å². The summed E-state index contributed by atoms with van der Waals surface area (Å²) < 4.78 is 47.7. The van der Waals surface area contributed by atoms with E-state index in [2.05, 4.69) is 27.8 Å². The van der Waals surface area contributed by atoms with Crippen LogP contribution in [0.4, 0.5) is 14.5 Å². The third-order valence-corrected chi connectivity index (χ3v) is 5.83. The highest BCUT2D eigenvalue weighted by molar-refractivity contribution is 9.09. The lowest BCUT2D eigenvalue weighted by Crippen LogP contribution is -2.33. The Bertz CT molecular complexity index is 562. The van der Waals surface area contributed by atoms with Crippen molar-refractivity contribution in [3.63, 3.8) is 0 Å². The molecule has 0 N–H and O–H groups in total. The van der Waals surface area contributed by atoms with Crippen molar-refractivity contribution in [1.82, 2.24) is 0 Å². The van der Waals surface area contributed by atoms with Gasteiger partial charge in [0.25, 0.3) is 0 Å². The van der Waals surface area contributed by atoms with E-state index in [0.717, 1.165) is 24.0 Å². The average molecular weight is 368 g/mol. The van der Waals surface area contributed by atoms with Gasteiger partial charge in [-0.3, -0.25) is 0 Å². The minimum absolute atomic E-state index is 0.334. The molecule has 2 atom stereocenters. The van der Waals surface area contributed by atoms with Crippen LogP contribution in [0.25, 0.3) is 0 Å². The largest absolute Gasteiger partial charge is 0.367 e. The molecule has 2 unspecified atom stereocenters. The normalized spacial score (nSPS) is 23.6. The van der Waals surface area contributed by atoms with Crippen LogP contribution in [0, 0.1) is 5.92 Å². The molecule has 7 heteroatoms. The Labute approximate surface area is 126 Å². The maximum absolute atomic E-state index is 12.5. The van der Waals surface area contributed by atoms with Crippen molar-refractivity contribution in [1.29, 1.82) is 0 Å². The van der Waals surface area contributed by atoms with Gasteiger partial charge in [-0.2, -0.15) is 8.78 Å². The molecule has 0 bridgehead atoms. The smallest absolute Gasteiger partial charge is 0.341 e.